The van der Waals surface area contributed by atoms with E-state index in [1.165, 1.54) is 26.0 Å². The van der Waals surface area contributed by atoms with E-state index in [2.05, 4.69) is 10.6 Å². The summed E-state index contributed by atoms with van der Waals surface area (Å²) in [5.41, 5.74) is -0.396. The van der Waals surface area contributed by atoms with E-state index < -0.39 is 11.4 Å². The van der Waals surface area contributed by atoms with Crippen LogP contribution in [-0.4, -0.2) is 65.8 Å². The molecule has 2 heterocycles. The molecule has 1 aromatic rings. The number of piperidine rings is 1. The molecule has 146 valence electrons. The fraction of sp³-hybridized carbons (Fsp3) is 0.526. The molecule has 7 nitrogen and oxygen atoms in total. The Morgan fingerprint density at radius 3 is 2.63 bits per heavy atom. The topological polar surface area (TPSA) is 81.8 Å². The molecule has 2 saturated heterocycles. The molecule has 0 bridgehead atoms. The van der Waals surface area contributed by atoms with Gasteiger partial charge in [-0.15, -0.1) is 0 Å². The molecule has 0 aliphatic carbocycles. The number of hydrogen-bond donors (Lipinski definition) is 2. The van der Waals surface area contributed by atoms with Gasteiger partial charge in [-0.2, -0.15) is 0 Å². The second-order valence-corrected chi connectivity index (χ2v) is 7.46. The van der Waals surface area contributed by atoms with E-state index in [0.717, 1.165) is 6.42 Å². The van der Waals surface area contributed by atoms with Gasteiger partial charge in [0, 0.05) is 40.0 Å². The van der Waals surface area contributed by atoms with E-state index >= 15 is 0 Å². The first-order chi connectivity index (χ1) is 12.8. The van der Waals surface area contributed by atoms with E-state index in [1.807, 2.05) is 4.90 Å². The lowest BCUT2D eigenvalue weighted by Crippen LogP contribution is -2.64. The molecular formula is C19H25FN4O3. The monoisotopic (exact) mass is 376 g/mol. The maximum Gasteiger partial charge on any atom is 0.238 e. The predicted octanol–water partition coefficient (Wildman–Crippen LogP) is 0.823. The standard InChI is InChI=1S/C19H25FN4O3/c1-13(25)22-19-11-23(9-15(19)7-8-24(12-19)14(2)26)10-18(27)21-17-6-4-3-5-16(17)20/h3-6,15H,7-12H2,1-2H3,(H,21,27)(H,22,25)/t15-,19+/m1/s1. The van der Waals surface area contributed by atoms with Crippen LogP contribution in [0.5, 0.6) is 0 Å². The Hall–Kier alpha value is -2.48. The molecule has 0 saturated carbocycles. The van der Waals surface area contributed by atoms with Gasteiger partial charge in [-0.25, -0.2) is 4.39 Å². The summed E-state index contributed by atoms with van der Waals surface area (Å²) in [4.78, 5) is 39.6. The molecule has 2 N–H and O–H groups in total. The second kappa shape index (κ2) is 7.64. The highest BCUT2D eigenvalue weighted by Gasteiger charge is 2.51. The van der Waals surface area contributed by atoms with Crippen LogP contribution in [0.2, 0.25) is 0 Å². The van der Waals surface area contributed by atoms with Gasteiger partial charge in [0.2, 0.25) is 17.7 Å². The molecule has 3 rings (SSSR count). The lowest BCUT2D eigenvalue weighted by molar-refractivity contribution is -0.134. The Labute approximate surface area is 157 Å². The van der Waals surface area contributed by atoms with Crippen LogP contribution in [0.25, 0.3) is 0 Å². The van der Waals surface area contributed by atoms with Crippen molar-refractivity contribution in [1.29, 1.82) is 0 Å². The lowest BCUT2D eigenvalue weighted by atomic mass is 9.81. The molecule has 2 fully saturated rings. The Kier molecular flexibility index (Phi) is 5.46. The first kappa shape index (κ1) is 19.3. The number of para-hydroxylation sites is 1. The lowest BCUT2D eigenvalue weighted by Gasteiger charge is -2.44. The average Bonchev–Trinajstić information content (AvgIpc) is 2.92. The van der Waals surface area contributed by atoms with E-state index in [4.69, 9.17) is 0 Å². The Bertz CT molecular complexity index is 756. The number of halogens is 1. The predicted molar refractivity (Wildman–Crippen MR) is 98.4 cm³/mol. The summed E-state index contributed by atoms with van der Waals surface area (Å²) in [7, 11) is 0. The minimum Gasteiger partial charge on any atom is -0.347 e. The van der Waals surface area contributed by atoms with Crippen LogP contribution in [0.15, 0.2) is 24.3 Å². The van der Waals surface area contributed by atoms with E-state index in [1.54, 1.807) is 17.0 Å². The number of nitrogens with zero attached hydrogens (tertiary/aromatic N) is 2. The van der Waals surface area contributed by atoms with Crippen molar-refractivity contribution < 1.29 is 18.8 Å². The number of carbonyl (C=O) groups excluding carboxylic acids is 3. The number of likely N-dealkylation sites (tertiary alicyclic amines) is 2. The number of benzene rings is 1. The van der Waals surface area contributed by atoms with Gasteiger partial charge in [-0.1, -0.05) is 12.1 Å². The van der Waals surface area contributed by atoms with E-state index in [0.29, 0.717) is 26.2 Å². The summed E-state index contributed by atoms with van der Waals surface area (Å²) in [6, 6.07) is 6.03. The van der Waals surface area contributed by atoms with Gasteiger partial charge in [0.05, 0.1) is 17.8 Å². The van der Waals surface area contributed by atoms with Crippen molar-refractivity contribution >= 4 is 23.4 Å². The Balaban J connectivity index is 1.68. The van der Waals surface area contributed by atoms with Crippen LogP contribution in [-0.2, 0) is 14.4 Å². The summed E-state index contributed by atoms with van der Waals surface area (Å²) in [5.74, 6) is -0.789. The summed E-state index contributed by atoms with van der Waals surface area (Å²) in [6.45, 7) is 5.31. The van der Waals surface area contributed by atoms with E-state index in [-0.39, 0.29) is 35.9 Å². The quantitative estimate of drug-likeness (QED) is 0.815. The number of fused-ring (bicyclic) bond motifs is 1. The number of nitrogens with one attached hydrogen (secondary N) is 2. The number of anilines is 1. The SMILES string of the molecule is CC(=O)N[C@]12CN(CC(=O)Nc3ccccc3F)C[C@H]1CCN(C(C)=O)C2. The minimum absolute atomic E-state index is 0.0195. The number of amides is 3. The van der Waals surface area contributed by atoms with Crippen LogP contribution < -0.4 is 10.6 Å². The highest BCUT2D eigenvalue weighted by molar-refractivity contribution is 5.92. The van der Waals surface area contributed by atoms with Gasteiger partial charge >= 0.3 is 0 Å². The first-order valence-electron chi connectivity index (χ1n) is 9.10. The zero-order chi connectivity index (χ0) is 19.6. The van der Waals surface area contributed by atoms with Gasteiger partial charge in [0.15, 0.2) is 0 Å². The molecule has 1 aromatic carbocycles. The highest BCUT2D eigenvalue weighted by Crippen LogP contribution is 2.35. The van der Waals surface area contributed by atoms with Gasteiger partial charge in [0.25, 0.3) is 0 Å². The molecule has 2 aliphatic rings. The van der Waals surface area contributed by atoms with Crippen molar-refractivity contribution in [3.05, 3.63) is 30.1 Å². The number of carbonyl (C=O) groups is 3. The molecule has 0 spiro atoms. The molecule has 0 unspecified atom stereocenters. The van der Waals surface area contributed by atoms with Crippen molar-refractivity contribution in [3.8, 4) is 0 Å². The zero-order valence-corrected chi connectivity index (χ0v) is 15.6. The van der Waals surface area contributed by atoms with Gasteiger partial charge in [0.1, 0.15) is 5.82 Å². The third-order valence-corrected chi connectivity index (χ3v) is 5.37. The third kappa shape index (κ3) is 4.27. The molecule has 0 radical (unpaired) electrons. The Morgan fingerprint density at radius 1 is 1.22 bits per heavy atom. The molecule has 2 atom stereocenters. The second-order valence-electron chi connectivity index (χ2n) is 7.46. The van der Waals surface area contributed by atoms with Crippen LogP contribution in [0.4, 0.5) is 10.1 Å². The summed E-state index contributed by atoms with van der Waals surface area (Å²) in [6.07, 6.45) is 0.769. The van der Waals surface area contributed by atoms with Crippen molar-refractivity contribution in [2.24, 2.45) is 5.92 Å². The smallest absolute Gasteiger partial charge is 0.238 e. The van der Waals surface area contributed by atoms with Crippen LogP contribution in [0.1, 0.15) is 20.3 Å². The molecule has 2 aliphatic heterocycles. The van der Waals surface area contributed by atoms with Crippen molar-refractivity contribution in [3.63, 3.8) is 0 Å². The summed E-state index contributed by atoms with van der Waals surface area (Å²) in [5, 5.41) is 5.63. The minimum atomic E-state index is -0.548. The fourth-order valence-electron chi connectivity index (χ4n) is 4.23. The fourth-order valence-corrected chi connectivity index (χ4v) is 4.23. The highest BCUT2D eigenvalue weighted by atomic mass is 19.1. The molecule has 0 aromatic heterocycles. The maximum absolute atomic E-state index is 13.7. The average molecular weight is 376 g/mol. The summed E-state index contributed by atoms with van der Waals surface area (Å²) >= 11 is 0. The normalized spacial score (nSPS) is 25.0. The molecular weight excluding hydrogens is 351 g/mol. The van der Waals surface area contributed by atoms with Crippen LogP contribution in [0.3, 0.4) is 0 Å². The van der Waals surface area contributed by atoms with Gasteiger partial charge in [-0.3, -0.25) is 19.3 Å². The van der Waals surface area contributed by atoms with Crippen molar-refractivity contribution in [2.75, 3.05) is 38.0 Å². The number of rotatable bonds is 4. The first-order valence-corrected chi connectivity index (χ1v) is 9.10. The van der Waals surface area contributed by atoms with E-state index in [9.17, 15) is 18.8 Å². The van der Waals surface area contributed by atoms with Gasteiger partial charge < -0.3 is 15.5 Å². The molecule has 8 heteroatoms. The summed E-state index contributed by atoms with van der Waals surface area (Å²) < 4.78 is 13.7. The molecule has 3 amide bonds. The maximum atomic E-state index is 13.7. The van der Waals surface area contributed by atoms with Gasteiger partial charge in [-0.05, 0) is 24.5 Å². The van der Waals surface area contributed by atoms with Crippen molar-refractivity contribution in [1.82, 2.24) is 15.1 Å². The van der Waals surface area contributed by atoms with Crippen molar-refractivity contribution in [2.45, 2.75) is 25.8 Å². The largest absolute Gasteiger partial charge is 0.347 e. The third-order valence-electron chi connectivity index (χ3n) is 5.37. The Morgan fingerprint density at radius 2 is 1.96 bits per heavy atom. The van der Waals surface area contributed by atoms with Crippen LogP contribution >= 0.6 is 0 Å². The number of hydrogen-bond acceptors (Lipinski definition) is 4. The van der Waals surface area contributed by atoms with Crippen LogP contribution in [0, 0.1) is 11.7 Å². The zero-order valence-electron chi connectivity index (χ0n) is 15.6. The molecule has 27 heavy (non-hydrogen) atoms.